The molecule has 126 valence electrons. The highest BCUT2D eigenvalue weighted by molar-refractivity contribution is 5.96. The second-order valence-corrected chi connectivity index (χ2v) is 9.03. The van der Waals surface area contributed by atoms with Gasteiger partial charge in [0.2, 0.25) is 0 Å². The summed E-state index contributed by atoms with van der Waals surface area (Å²) < 4.78 is 0. The molecule has 0 aliphatic heterocycles. The average molecular weight is 305 g/mol. The van der Waals surface area contributed by atoms with Crippen molar-refractivity contribution in [3.05, 3.63) is 11.1 Å². The van der Waals surface area contributed by atoms with Crippen molar-refractivity contribution < 1.29 is 4.79 Å². The van der Waals surface area contributed by atoms with E-state index in [2.05, 4.69) is 41.5 Å². The SMILES string of the molecule is CCC(=O)/C(=C1/CC[C@H]2C(C)(C)CCC[C@]2(C)[C@H]1C)C(C)C. The Morgan fingerprint density at radius 2 is 1.86 bits per heavy atom. The molecular formula is C21H36O. The van der Waals surface area contributed by atoms with Gasteiger partial charge in [0.15, 0.2) is 5.78 Å². The quantitative estimate of drug-likeness (QED) is 0.569. The van der Waals surface area contributed by atoms with Gasteiger partial charge in [0.25, 0.3) is 0 Å². The maximum absolute atomic E-state index is 12.5. The molecule has 0 aromatic rings. The summed E-state index contributed by atoms with van der Waals surface area (Å²) in [6, 6.07) is 0. The lowest BCUT2D eigenvalue weighted by Gasteiger charge is -2.57. The van der Waals surface area contributed by atoms with Crippen molar-refractivity contribution in [3.63, 3.8) is 0 Å². The van der Waals surface area contributed by atoms with E-state index in [1.54, 1.807) is 0 Å². The molecular weight excluding hydrogens is 268 g/mol. The molecule has 2 aliphatic rings. The predicted octanol–water partition coefficient (Wildman–Crippen LogP) is 6.18. The van der Waals surface area contributed by atoms with Gasteiger partial charge in [-0.15, -0.1) is 0 Å². The Morgan fingerprint density at radius 1 is 1.23 bits per heavy atom. The van der Waals surface area contributed by atoms with Gasteiger partial charge in [-0.1, -0.05) is 60.5 Å². The summed E-state index contributed by atoms with van der Waals surface area (Å²) in [5, 5.41) is 0. The zero-order valence-corrected chi connectivity index (χ0v) is 15.9. The molecule has 0 spiro atoms. The van der Waals surface area contributed by atoms with Crippen molar-refractivity contribution in [1.82, 2.24) is 0 Å². The van der Waals surface area contributed by atoms with Crippen LogP contribution in [0.4, 0.5) is 0 Å². The van der Waals surface area contributed by atoms with E-state index in [1.165, 1.54) is 31.3 Å². The van der Waals surface area contributed by atoms with E-state index in [0.29, 0.717) is 34.9 Å². The third kappa shape index (κ3) is 2.81. The average Bonchev–Trinajstić information content (AvgIpc) is 2.42. The third-order valence-electron chi connectivity index (χ3n) is 7.04. The van der Waals surface area contributed by atoms with E-state index in [4.69, 9.17) is 0 Å². The number of Topliss-reactive ketones (excluding diaryl/α,β-unsaturated/α-hetero) is 1. The number of ketones is 1. The van der Waals surface area contributed by atoms with Crippen LogP contribution in [0, 0.1) is 28.6 Å². The van der Waals surface area contributed by atoms with Crippen LogP contribution < -0.4 is 0 Å². The highest BCUT2D eigenvalue weighted by Crippen LogP contribution is 2.61. The van der Waals surface area contributed by atoms with Crippen LogP contribution in [0.2, 0.25) is 0 Å². The molecule has 2 aliphatic carbocycles. The predicted molar refractivity (Wildman–Crippen MR) is 94.8 cm³/mol. The first-order chi connectivity index (χ1) is 10.1. The zero-order chi connectivity index (χ0) is 16.7. The Labute approximate surface area is 137 Å². The van der Waals surface area contributed by atoms with Gasteiger partial charge in [-0.3, -0.25) is 4.79 Å². The van der Waals surface area contributed by atoms with E-state index in [9.17, 15) is 4.79 Å². The third-order valence-corrected chi connectivity index (χ3v) is 7.04. The van der Waals surface area contributed by atoms with E-state index in [-0.39, 0.29) is 0 Å². The molecule has 0 unspecified atom stereocenters. The van der Waals surface area contributed by atoms with E-state index < -0.39 is 0 Å². The van der Waals surface area contributed by atoms with Crippen LogP contribution in [0.25, 0.3) is 0 Å². The normalized spacial score (nSPS) is 36.9. The van der Waals surface area contributed by atoms with Crippen LogP contribution in [0.3, 0.4) is 0 Å². The van der Waals surface area contributed by atoms with Gasteiger partial charge < -0.3 is 0 Å². The topological polar surface area (TPSA) is 17.1 Å². The first-order valence-corrected chi connectivity index (χ1v) is 9.41. The number of hydrogen-bond acceptors (Lipinski definition) is 1. The van der Waals surface area contributed by atoms with Crippen LogP contribution in [0.15, 0.2) is 11.1 Å². The number of rotatable bonds is 3. The Bertz CT molecular complexity index is 468. The summed E-state index contributed by atoms with van der Waals surface area (Å²) in [5.74, 6) is 2.10. The van der Waals surface area contributed by atoms with E-state index in [1.807, 2.05) is 6.92 Å². The molecule has 2 saturated carbocycles. The fourth-order valence-corrected chi connectivity index (χ4v) is 5.75. The van der Waals surface area contributed by atoms with Crippen molar-refractivity contribution >= 4 is 5.78 Å². The Morgan fingerprint density at radius 3 is 2.41 bits per heavy atom. The van der Waals surface area contributed by atoms with Crippen molar-refractivity contribution in [1.29, 1.82) is 0 Å². The lowest BCUT2D eigenvalue weighted by molar-refractivity contribution is -0.116. The number of carbonyl (C=O) groups is 1. The maximum Gasteiger partial charge on any atom is 0.158 e. The minimum absolute atomic E-state index is 0.363. The highest BCUT2D eigenvalue weighted by atomic mass is 16.1. The Balaban J connectivity index is 2.46. The molecule has 1 heteroatoms. The summed E-state index contributed by atoms with van der Waals surface area (Å²) in [7, 11) is 0. The van der Waals surface area contributed by atoms with Crippen LogP contribution in [0.1, 0.15) is 87.0 Å². The first kappa shape index (κ1) is 17.8. The molecule has 1 nitrogen and oxygen atoms in total. The molecule has 0 aromatic heterocycles. The standard InChI is InChI=1S/C21H36O/c1-8-17(22)19(14(2)3)16-10-11-18-20(5,6)12-9-13-21(18,7)15(16)4/h14-15,18H,8-13H2,1-7H3/b19-16-/t15-,18-,21+/m0/s1. The monoisotopic (exact) mass is 304 g/mol. The first-order valence-electron chi connectivity index (χ1n) is 9.41. The zero-order valence-electron chi connectivity index (χ0n) is 15.9. The van der Waals surface area contributed by atoms with Gasteiger partial charge in [0.1, 0.15) is 0 Å². The highest BCUT2D eigenvalue weighted by Gasteiger charge is 2.52. The lowest BCUT2D eigenvalue weighted by atomic mass is 9.47. The molecule has 0 amide bonds. The fraction of sp³-hybridized carbons (Fsp3) is 0.857. The summed E-state index contributed by atoms with van der Waals surface area (Å²) in [6.07, 6.45) is 7.10. The molecule has 0 N–H and O–H groups in total. The number of fused-ring (bicyclic) bond motifs is 1. The van der Waals surface area contributed by atoms with Gasteiger partial charge in [-0.05, 0) is 59.8 Å². The smallest absolute Gasteiger partial charge is 0.158 e. The second kappa shape index (κ2) is 6.13. The minimum Gasteiger partial charge on any atom is -0.295 e. The summed E-state index contributed by atoms with van der Waals surface area (Å²) in [6.45, 7) is 16.3. The molecule has 22 heavy (non-hydrogen) atoms. The van der Waals surface area contributed by atoms with Crippen molar-refractivity contribution in [2.24, 2.45) is 28.6 Å². The molecule has 0 radical (unpaired) electrons. The van der Waals surface area contributed by atoms with Crippen molar-refractivity contribution in [3.8, 4) is 0 Å². The molecule has 0 heterocycles. The molecule has 2 fully saturated rings. The van der Waals surface area contributed by atoms with Crippen LogP contribution >= 0.6 is 0 Å². The second-order valence-electron chi connectivity index (χ2n) is 9.03. The van der Waals surface area contributed by atoms with Crippen LogP contribution in [-0.2, 0) is 4.79 Å². The Kier molecular flexibility index (Phi) is 4.95. The van der Waals surface area contributed by atoms with Gasteiger partial charge in [0, 0.05) is 6.42 Å². The van der Waals surface area contributed by atoms with E-state index in [0.717, 1.165) is 17.9 Å². The number of hydrogen-bond donors (Lipinski definition) is 0. The molecule has 2 rings (SSSR count). The lowest BCUT2D eigenvalue weighted by Crippen LogP contribution is -2.49. The summed E-state index contributed by atoms with van der Waals surface area (Å²) in [4.78, 5) is 12.5. The maximum atomic E-state index is 12.5. The summed E-state index contributed by atoms with van der Waals surface area (Å²) >= 11 is 0. The van der Waals surface area contributed by atoms with Gasteiger partial charge in [-0.25, -0.2) is 0 Å². The van der Waals surface area contributed by atoms with Gasteiger partial charge >= 0.3 is 0 Å². The van der Waals surface area contributed by atoms with Gasteiger partial charge in [-0.2, -0.15) is 0 Å². The molecule has 3 atom stereocenters. The molecule has 0 saturated heterocycles. The van der Waals surface area contributed by atoms with Crippen molar-refractivity contribution in [2.75, 3.05) is 0 Å². The molecule has 0 aromatic carbocycles. The number of carbonyl (C=O) groups excluding carboxylic acids is 1. The number of allylic oxidation sites excluding steroid dienone is 2. The summed E-state index contributed by atoms with van der Waals surface area (Å²) in [5.41, 5.74) is 3.50. The van der Waals surface area contributed by atoms with E-state index >= 15 is 0 Å². The Hall–Kier alpha value is -0.590. The van der Waals surface area contributed by atoms with Crippen LogP contribution in [-0.4, -0.2) is 5.78 Å². The minimum atomic E-state index is 0.363. The van der Waals surface area contributed by atoms with Crippen molar-refractivity contribution in [2.45, 2.75) is 87.0 Å². The molecule has 0 bridgehead atoms. The van der Waals surface area contributed by atoms with Gasteiger partial charge in [0.05, 0.1) is 0 Å². The van der Waals surface area contributed by atoms with Crippen LogP contribution in [0.5, 0.6) is 0 Å². The fourth-order valence-electron chi connectivity index (χ4n) is 5.75. The largest absolute Gasteiger partial charge is 0.295 e.